The van der Waals surface area contributed by atoms with Crippen LogP contribution in [-0.2, 0) is 4.74 Å². The molecule has 0 aliphatic carbocycles. The van der Waals surface area contributed by atoms with Gasteiger partial charge in [0.25, 0.3) is 0 Å². The smallest absolute Gasteiger partial charge is 0.320 e. The fourth-order valence-electron chi connectivity index (χ4n) is 3.89. The number of amides is 2. The summed E-state index contributed by atoms with van der Waals surface area (Å²) in [5.74, 6) is 1.48. The number of rotatable bonds is 3. The maximum absolute atomic E-state index is 12.8. The van der Waals surface area contributed by atoms with Crippen LogP contribution in [0.25, 0.3) is 0 Å². The van der Waals surface area contributed by atoms with E-state index in [9.17, 15) is 4.79 Å². The number of carbonyl (C=O) groups excluding carboxylic acids is 1. The minimum absolute atomic E-state index is 0.183. The van der Waals surface area contributed by atoms with Crippen LogP contribution in [0, 0.1) is 5.92 Å². The summed E-state index contributed by atoms with van der Waals surface area (Å²) in [6, 6.07) is 11.5. The summed E-state index contributed by atoms with van der Waals surface area (Å²) >= 11 is 1.88. The molecule has 3 aliphatic heterocycles. The first-order valence-electron chi connectivity index (χ1n) is 9.12. The molecule has 3 atom stereocenters. The van der Waals surface area contributed by atoms with Gasteiger partial charge in [-0.1, -0.05) is 18.2 Å². The Bertz CT molecular complexity index is 582. The number of hydrazine groups is 1. The van der Waals surface area contributed by atoms with Crippen LogP contribution in [0.3, 0.4) is 0 Å². The van der Waals surface area contributed by atoms with Crippen molar-refractivity contribution in [3.05, 3.63) is 30.3 Å². The Hall–Kier alpha value is -1.28. The highest BCUT2D eigenvalue weighted by atomic mass is 32.2. The SMILES string of the molecule is O=C(N1CCOCC1)N1CCC2NNC(CSc3ccccc3)C2C1. The van der Waals surface area contributed by atoms with E-state index in [4.69, 9.17) is 4.74 Å². The highest BCUT2D eigenvalue weighted by molar-refractivity contribution is 7.99. The molecule has 0 bridgehead atoms. The van der Waals surface area contributed by atoms with Crippen molar-refractivity contribution < 1.29 is 9.53 Å². The van der Waals surface area contributed by atoms with E-state index in [1.807, 2.05) is 27.6 Å². The fourth-order valence-corrected chi connectivity index (χ4v) is 4.94. The number of fused-ring (bicyclic) bond motifs is 1. The molecule has 4 rings (SSSR count). The number of carbonyl (C=O) groups is 1. The lowest BCUT2D eigenvalue weighted by molar-refractivity contribution is 0.0383. The summed E-state index contributed by atoms with van der Waals surface area (Å²) in [4.78, 5) is 18.1. The van der Waals surface area contributed by atoms with Crippen LogP contribution in [-0.4, -0.2) is 73.1 Å². The fraction of sp³-hybridized carbons (Fsp3) is 0.611. The topological polar surface area (TPSA) is 56.8 Å². The summed E-state index contributed by atoms with van der Waals surface area (Å²) in [6.45, 7) is 4.42. The average molecular weight is 362 g/mol. The molecule has 0 radical (unpaired) electrons. The van der Waals surface area contributed by atoms with Crippen molar-refractivity contribution in [3.8, 4) is 0 Å². The molecule has 136 valence electrons. The summed E-state index contributed by atoms with van der Waals surface area (Å²) in [7, 11) is 0. The van der Waals surface area contributed by atoms with Crippen LogP contribution >= 0.6 is 11.8 Å². The van der Waals surface area contributed by atoms with Crippen LogP contribution in [0.15, 0.2) is 35.2 Å². The summed E-state index contributed by atoms with van der Waals surface area (Å²) < 4.78 is 5.36. The molecule has 2 N–H and O–H groups in total. The molecule has 3 heterocycles. The van der Waals surface area contributed by atoms with Gasteiger partial charge >= 0.3 is 6.03 Å². The van der Waals surface area contributed by atoms with Gasteiger partial charge in [-0.25, -0.2) is 4.79 Å². The van der Waals surface area contributed by atoms with Crippen molar-refractivity contribution >= 4 is 17.8 Å². The number of thioether (sulfide) groups is 1. The zero-order valence-corrected chi connectivity index (χ0v) is 15.2. The summed E-state index contributed by atoms with van der Waals surface area (Å²) in [6.07, 6.45) is 1.01. The minimum Gasteiger partial charge on any atom is -0.378 e. The maximum atomic E-state index is 12.8. The van der Waals surface area contributed by atoms with Crippen LogP contribution in [0.4, 0.5) is 4.79 Å². The lowest BCUT2D eigenvalue weighted by Gasteiger charge is -2.39. The Balaban J connectivity index is 1.34. The summed E-state index contributed by atoms with van der Waals surface area (Å²) in [5.41, 5.74) is 6.91. The molecule has 25 heavy (non-hydrogen) atoms. The van der Waals surface area contributed by atoms with Gasteiger partial charge in [-0.3, -0.25) is 10.9 Å². The Morgan fingerprint density at radius 3 is 2.72 bits per heavy atom. The van der Waals surface area contributed by atoms with Gasteiger partial charge in [0.05, 0.1) is 13.2 Å². The van der Waals surface area contributed by atoms with Gasteiger partial charge in [-0.2, -0.15) is 0 Å². The normalized spacial score (nSPS) is 29.5. The number of morpholine rings is 1. The van der Waals surface area contributed by atoms with Crippen molar-refractivity contribution in [2.24, 2.45) is 5.92 Å². The molecular formula is C18H26N4O2S. The molecule has 0 aromatic heterocycles. The number of likely N-dealkylation sites (tertiary alicyclic amines) is 1. The molecule has 3 unspecified atom stereocenters. The molecule has 3 aliphatic rings. The molecule has 0 spiro atoms. The number of hydrogen-bond acceptors (Lipinski definition) is 5. The average Bonchev–Trinajstić information content (AvgIpc) is 3.09. The Morgan fingerprint density at radius 2 is 1.92 bits per heavy atom. The van der Waals surface area contributed by atoms with Crippen LogP contribution in [0.1, 0.15) is 6.42 Å². The van der Waals surface area contributed by atoms with E-state index >= 15 is 0 Å². The molecule has 1 aromatic carbocycles. The number of piperidine rings is 1. The highest BCUT2D eigenvalue weighted by Gasteiger charge is 2.41. The first-order chi connectivity index (χ1) is 12.3. The third-order valence-electron chi connectivity index (χ3n) is 5.35. The largest absolute Gasteiger partial charge is 0.378 e. The molecule has 3 saturated heterocycles. The molecule has 7 heteroatoms. The van der Waals surface area contributed by atoms with Gasteiger partial charge in [0.2, 0.25) is 0 Å². The third-order valence-corrected chi connectivity index (χ3v) is 6.49. The highest BCUT2D eigenvalue weighted by Crippen LogP contribution is 2.29. The number of benzene rings is 1. The lowest BCUT2D eigenvalue weighted by Crippen LogP contribution is -2.54. The number of nitrogens with zero attached hydrogens (tertiary/aromatic N) is 2. The molecule has 2 amide bonds. The maximum Gasteiger partial charge on any atom is 0.320 e. The van der Waals surface area contributed by atoms with Crippen LogP contribution < -0.4 is 10.9 Å². The van der Waals surface area contributed by atoms with E-state index in [-0.39, 0.29) is 6.03 Å². The number of hydrogen-bond donors (Lipinski definition) is 2. The number of urea groups is 1. The van der Waals surface area contributed by atoms with E-state index in [1.54, 1.807) is 0 Å². The van der Waals surface area contributed by atoms with Gasteiger partial charge in [-0.05, 0) is 18.6 Å². The van der Waals surface area contributed by atoms with E-state index < -0.39 is 0 Å². The first kappa shape index (κ1) is 17.1. The van der Waals surface area contributed by atoms with Gasteiger partial charge in [0.1, 0.15) is 0 Å². The van der Waals surface area contributed by atoms with Gasteiger partial charge < -0.3 is 14.5 Å². The Kier molecular flexibility index (Phi) is 5.45. The van der Waals surface area contributed by atoms with Crippen molar-refractivity contribution in [2.75, 3.05) is 45.1 Å². The minimum atomic E-state index is 0.183. The molecule has 6 nitrogen and oxygen atoms in total. The van der Waals surface area contributed by atoms with Crippen molar-refractivity contribution in [2.45, 2.75) is 23.4 Å². The Labute approximate surface area is 153 Å². The quantitative estimate of drug-likeness (QED) is 0.796. The second-order valence-corrected chi connectivity index (χ2v) is 8.00. The second kappa shape index (κ2) is 7.95. The predicted molar refractivity (Wildman–Crippen MR) is 98.5 cm³/mol. The molecular weight excluding hydrogens is 336 g/mol. The van der Waals surface area contributed by atoms with E-state index in [2.05, 4.69) is 35.1 Å². The summed E-state index contributed by atoms with van der Waals surface area (Å²) in [5, 5.41) is 0. The second-order valence-electron chi connectivity index (χ2n) is 6.91. The van der Waals surface area contributed by atoms with Crippen molar-refractivity contribution in [1.82, 2.24) is 20.7 Å². The standard InChI is InChI=1S/C18H26N4O2S/c23-18(21-8-10-24-11-9-21)22-7-6-16-15(12-22)17(20-19-16)13-25-14-4-2-1-3-5-14/h1-5,15-17,19-20H,6-13H2. The zero-order chi connectivity index (χ0) is 17.1. The molecule has 1 aromatic rings. The first-order valence-corrected chi connectivity index (χ1v) is 10.1. The van der Waals surface area contributed by atoms with Crippen molar-refractivity contribution in [3.63, 3.8) is 0 Å². The number of nitrogens with one attached hydrogen (secondary N) is 2. The number of ether oxygens (including phenoxy) is 1. The monoisotopic (exact) mass is 362 g/mol. The van der Waals surface area contributed by atoms with Gasteiger partial charge in [0.15, 0.2) is 0 Å². The third kappa shape index (κ3) is 3.95. The Morgan fingerprint density at radius 1 is 1.12 bits per heavy atom. The van der Waals surface area contributed by atoms with Crippen LogP contribution in [0.5, 0.6) is 0 Å². The van der Waals surface area contributed by atoms with Gasteiger partial charge in [0, 0.05) is 54.8 Å². The van der Waals surface area contributed by atoms with E-state index in [0.717, 1.165) is 25.3 Å². The zero-order valence-electron chi connectivity index (χ0n) is 14.4. The molecule has 0 saturated carbocycles. The van der Waals surface area contributed by atoms with E-state index in [0.29, 0.717) is 44.3 Å². The molecule has 3 fully saturated rings. The van der Waals surface area contributed by atoms with E-state index in [1.165, 1.54) is 4.90 Å². The lowest BCUT2D eigenvalue weighted by atomic mass is 9.89. The van der Waals surface area contributed by atoms with Gasteiger partial charge in [-0.15, -0.1) is 11.8 Å². The van der Waals surface area contributed by atoms with Crippen molar-refractivity contribution in [1.29, 1.82) is 0 Å². The predicted octanol–water partition coefficient (Wildman–Crippen LogP) is 1.40. The van der Waals surface area contributed by atoms with Crippen LogP contribution in [0.2, 0.25) is 0 Å².